The lowest BCUT2D eigenvalue weighted by Gasteiger charge is -2.40. The SMILES string of the molecule is CC(C)O[C@@H]1OC(CN=[N+]=[N-])[C@@H](O)[C@H](O)C1O. The Morgan fingerprint density at radius 2 is 1.94 bits per heavy atom. The van der Waals surface area contributed by atoms with Crippen LogP contribution in [0.25, 0.3) is 10.4 Å². The van der Waals surface area contributed by atoms with Crippen LogP contribution in [0, 0.1) is 0 Å². The average molecular weight is 247 g/mol. The molecule has 0 radical (unpaired) electrons. The Balaban J connectivity index is 2.71. The maximum Gasteiger partial charge on any atom is 0.186 e. The predicted molar refractivity (Wildman–Crippen MR) is 56.9 cm³/mol. The second-order valence-corrected chi connectivity index (χ2v) is 4.11. The Morgan fingerprint density at radius 1 is 1.29 bits per heavy atom. The Labute approximate surface area is 98.4 Å². The summed E-state index contributed by atoms with van der Waals surface area (Å²) in [6.45, 7) is 3.35. The zero-order valence-electron chi connectivity index (χ0n) is 9.67. The molecule has 3 N–H and O–H groups in total. The summed E-state index contributed by atoms with van der Waals surface area (Å²) >= 11 is 0. The molecule has 1 heterocycles. The maximum absolute atomic E-state index is 9.64. The second kappa shape index (κ2) is 6.15. The van der Waals surface area contributed by atoms with Gasteiger partial charge in [0.1, 0.15) is 18.3 Å². The van der Waals surface area contributed by atoms with Gasteiger partial charge in [0.15, 0.2) is 6.29 Å². The second-order valence-electron chi connectivity index (χ2n) is 4.11. The molecule has 1 aliphatic heterocycles. The monoisotopic (exact) mass is 247 g/mol. The molecule has 0 aliphatic carbocycles. The highest BCUT2D eigenvalue weighted by molar-refractivity contribution is 4.90. The van der Waals surface area contributed by atoms with Gasteiger partial charge in [-0.05, 0) is 19.4 Å². The molecule has 0 saturated carbocycles. The molecule has 5 atom stereocenters. The van der Waals surface area contributed by atoms with E-state index in [0.29, 0.717) is 0 Å². The first-order valence-electron chi connectivity index (χ1n) is 5.33. The molecule has 1 fully saturated rings. The molecule has 0 aromatic rings. The van der Waals surface area contributed by atoms with Crippen LogP contribution in [0.2, 0.25) is 0 Å². The number of hydrogen-bond acceptors (Lipinski definition) is 6. The molecular weight excluding hydrogens is 230 g/mol. The summed E-state index contributed by atoms with van der Waals surface area (Å²) in [7, 11) is 0. The van der Waals surface area contributed by atoms with Crippen LogP contribution in [-0.2, 0) is 9.47 Å². The highest BCUT2D eigenvalue weighted by Gasteiger charge is 2.44. The predicted octanol–water partition coefficient (Wildman–Crippen LogP) is -0.471. The van der Waals surface area contributed by atoms with Gasteiger partial charge in [0.05, 0.1) is 18.8 Å². The van der Waals surface area contributed by atoms with Crippen LogP contribution in [0.1, 0.15) is 13.8 Å². The van der Waals surface area contributed by atoms with Crippen molar-refractivity contribution in [1.82, 2.24) is 0 Å². The minimum atomic E-state index is -1.40. The molecule has 8 nitrogen and oxygen atoms in total. The van der Waals surface area contributed by atoms with Gasteiger partial charge < -0.3 is 24.8 Å². The van der Waals surface area contributed by atoms with E-state index in [2.05, 4.69) is 10.0 Å². The molecule has 0 bridgehead atoms. The third kappa shape index (κ3) is 3.53. The molecule has 1 rings (SSSR count). The van der Waals surface area contributed by atoms with E-state index in [1.807, 2.05) is 0 Å². The van der Waals surface area contributed by atoms with E-state index in [-0.39, 0.29) is 12.6 Å². The topological polar surface area (TPSA) is 128 Å². The highest BCUT2D eigenvalue weighted by atomic mass is 16.7. The largest absolute Gasteiger partial charge is 0.388 e. The van der Waals surface area contributed by atoms with Crippen molar-refractivity contribution in [2.24, 2.45) is 5.11 Å². The van der Waals surface area contributed by atoms with Crippen molar-refractivity contribution in [2.45, 2.75) is 50.7 Å². The summed E-state index contributed by atoms with van der Waals surface area (Å²) in [5.74, 6) is 0. The number of azide groups is 1. The van der Waals surface area contributed by atoms with Crippen LogP contribution < -0.4 is 0 Å². The van der Waals surface area contributed by atoms with E-state index in [0.717, 1.165) is 0 Å². The van der Waals surface area contributed by atoms with Gasteiger partial charge in [-0.2, -0.15) is 0 Å². The van der Waals surface area contributed by atoms with Crippen molar-refractivity contribution in [2.75, 3.05) is 6.54 Å². The Bertz CT molecular complexity index is 294. The maximum atomic E-state index is 9.64. The van der Waals surface area contributed by atoms with Gasteiger partial charge >= 0.3 is 0 Å². The number of aliphatic hydroxyl groups excluding tert-OH is 3. The molecule has 1 saturated heterocycles. The first-order chi connectivity index (χ1) is 7.97. The third-order valence-electron chi connectivity index (χ3n) is 2.40. The first kappa shape index (κ1) is 14.2. The molecule has 1 aliphatic rings. The van der Waals surface area contributed by atoms with Crippen molar-refractivity contribution in [3.8, 4) is 0 Å². The first-order valence-corrected chi connectivity index (χ1v) is 5.33. The van der Waals surface area contributed by atoms with E-state index in [1.165, 1.54) is 0 Å². The molecule has 0 aromatic heterocycles. The quantitative estimate of drug-likeness (QED) is 0.351. The van der Waals surface area contributed by atoms with E-state index < -0.39 is 30.7 Å². The lowest BCUT2D eigenvalue weighted by Crippen LogP contribution is -2.59. The van der Waals surface area contributed by atoms with Crippen LogP contribution in [0.3, 0.4) is 0 Å². The minimum Gasteiger partial charge on any atom is -0.388 e. The van der Waals surface area contributed by atoms with Crippen molar-refractivity contribution in [1.29, 1.82) is 0 Å². The molecule has 0 amide bonds. The molecular formula is C9H17N3O5. The number of rotatable bonds is 4. The summed E-state index contributed by atoms with van der Waals surface area (Å²) in [5.41, 5.74) is 8.19. The average Bonchev–Trinajstić information content (AvgIpc) is 2.28. The van der Waals surface area contributed by atoms with Crippen molar-refractivity contribution >= 4 is 0 Å². The summed E-state index contributed by atoms with van der Waals surface area (Å²) in [4.78, 5) is 2.54. The molecule has 98 valence electrons. The molecule has 2 unspecified atom stereocenters. The van der Waals surface area contributed by atoms with Gasteiger partial charge in [-0.25, -0.2) is 0 Å². The molecule has 0 spiro atoms. The van der Waals surface area contributed by atoms with Crippen molar-refractivity contribution in [3.63, 3.8) is 0 Å². The van der Waals surface area contributed by atoms with Crippen molar-refractivity contribution in [3.05, 3.63) is 10.4 Å². The van der Waals surface area contributed by atoms with Crippen LogP contribution in [0.15, 0.2) is 5.11 Å². The van der Waals surface area contributed by atoms with Gasteiger partial charge in [0.25, 0.3) is 0 Å². The zero-order valence-corrected chi connectivity index (χ0v) is 9.67. The Kier molecular flexibility index (Phi) is 5.13. The molecule has 17 heavy (non-hydrogen) atoms. The van der Waals surface area contributed by atoms with Crippen LogP contribution in [0.5, 0.6) is 0 Å². The Morgan fingerprint density at radius 3 is 2.47 bits per heavy atom. The third-order valence-corrected chi connectivity index (χ3v) is 2.40. The van der Waals surface area contributed by atoms with E-state index in [9.17, 15) is 15.3 Å². The smallest absolute Gasteiger partial charge is 0.186 e. The summed E-state index contributed by atoms with van der Waals surface area (Å²) in [5, 5.41) is 32.1. The highest BCUT2D eigenvalue weighted by Crippen LogP contribution is 2.23. The minimum absolute atomic E-state index is 0.139. The van der Waals surface area contributed by atoms with Crippen LogP contribution in [-0.4, -0.2) is 58.7 Å². The summed E-state index contributed by atoms with van der Waals surface area (Å²) in [6, 6.07) is 0. The van der Waals surface area contributed by atoms with E-state index >= 15 is 0 Å². The normalized spacial score (nSPS) is 37.9. The van der Waals surface area contributed by atoms with Gasteiger partial charge in [-0.15, -0.1) is 0 Å². The van der Waals surface area contributed by atoms with Crippen molar-refractivity contribution < 1.29 is 24.8 Å². The van der Waals surface area contributed by atoms with Gasteiger partial charge in [-0.1, -0.05) is 5.11 Å². The number of nitrogens with zero attached hydrogens (tertiary/aromatic N) is 3. The fourth-order valence-corrected chi connectivity index (χ4v) is 1.57. The summed E-state index contributed by atoms with van der Waals surface area (Å²) in [6.07, 6.45) is -6.21. The molecule has 0 aromatic carbocycles. The zero-order chi connectivity index (χ0) is 13.0. The van der Waals surface area contributed by atoms with Crippen LogP contribution in [0.4, 0.5) is 0 Å². The van der Waals surface area contributed by atoms with Gasteiger partial charge in [0, 0.05) is 4.91 Å². The van der Waals surface area contributed by atoms with Gasteiger partial charge in [-0.3, -0.25) is 0 Å². The fourth-order valence-electron chi connectivity index (χ4n) is 1.57. The van der Waals surface area contributed by atoms with Crippen LogP contribution >= 0.6 is 0 Å². The van der Waals surface area contributed by atoms with E-state index in [4.69, 9.17) is 15.0 Å². The Hall–Kier alpha value is -0.890. The lowest BCUT2D eigenvalue weighted by molar-refractivity contribution is -0.302. The fraction of sp³-hybridized carbons (Fsp3) is 1.00. The number of ether oxygens (including phenoxy) is 2. The molecule has 8 heteroatoms. The van der Waals surface area contributed by atoms with Gasteiger partial charge in [0.2, 0.25) is 0 Å². The number of hydrogen-bond donors (Lipinski definition) is 3. The van der Waals surface area contributed by atoms with E-state index in [1.54, 1.807) is 13.8 Å². The summed E-state index contributed by atoms with van der Waals surface area (Å²) < 4.78 is 10.5. The lowest BCUT2D eigenvalue weighted by atomic mass is 9.99. The number of aliphatic hydroxyl groups is 3. The standard InChI is InChI=1S/C9H17N3O5/c1-4(2)16-9-8(15)7(14)6(13)5(17-9)3-11-12-10/h4-9,13-15H,3H2,1-2H3/t5?,6-,7+,8?,9-/m1/s1.